The van der Waals surface area contributed by atoms with Crippen LogP contribution >= 0.6 is 0 Å². The molecule has 118 valence electrons. The summed E-state index contributed by atoms with van der Waals surface area (Å²) < 4.78 is 7.68. The second-order valence-corrected chi connectivity index (χ2v) is 4.40. The molecule has 0 unspecified atom stereocenters. The van der Waals surface area contributed by atoms with Crippen LogP contribution in [0.3, 0.4) is 0 Å². The van der Waals surface area contributed by atoms with E-state index in [1.165, 1.54) is 22.7 Å². The molecule has 0 aliphatic rings. The Morgan fingerprint density at radius 2 is 2.35 bits per heavy atom. The van der Waals surface area contributed by atoms with Crippen molar-refractivity contribution in [1.82, 2.24) is 19.3 Å². The molecule has 0 saturated heterocycles. The van der Waals surface area contributed by atoms with Gasteiger partial charge in [-0.15, -0.1) is 0 Å². The van der Waals surface area contributed by atoms with Crippen molar-refractivity contribution in [2.75, 3.05) is 6.61 Å². The zero-order valence-corrected chi connectivity index (χ0v) is 12.5. The number of aromatic nitrogens is 4. The number of aliphatic imine (C=N–C) groups is 1. The summed E-state index contributed by atoms with van der Waals surface area (Å²) in [5.74, 6) is 0.267. The van der Waals surface area contributed by atoms with Gasteiger partial charge in [-0.2, -0.15) is 15.4 Å². The van der Waals surface area contributed by atoms with E-state index >= 15 is 0 Å². The minimum Gasteiger partial charge on any atom is -0.479 e. The minimum absolute atomic E-state index is 0.148. The fourth-order valence-corrected chi connectivity index (χ4v) is 1.91. The Morgan fingerprint density at radius 3 is 2.91 bits per heavy atom. The van der Waals surface area contributed by atoms with Crippen molar-refractivity contribution in [3.8, 4) is 17.6 Å². The van der Waals surface area contributed by atoms with Crippen LogP contribution < -0.4 is 0 Å². The SMILES string of the molecule is C=CCO/C=N\c1c(C#N)c(-c2ncc([N+](=O)[O-])n2C)nn1C. The van der Waals surface area contributed by atoms with Crippen molar-refractivity contribution in [3.63, 3.8) is 0 Å². The van der Waals surface area contributed by atoms with Crippen LogP contribution in [-0.2, 0) is 18.8 Å². The van der Waals surface area contributed by atoms with E-state index in [1.54, 1.807) is 13.1 Å². The monoisotopic (exact) mass is 315 g/mol. The maximum atomic E-state index is 10.9. The Kier molecular flexibility index (Phi) is 4.51. The zero-order chi connectivity index (χ0) is 17.0. The summed E-state index contributed by atoms with van der Waals surface area (Å²) in [6.45, 7) is 3.78. The Bertz CT molecular complexity index is 825. The molecule has 0 radical (unpaired) electrons. The second kappa shape index (κ2) is 6.52. The van der Waals surface area contributed by atoms with Crippen LogP contribution in [0.5, 0.6) is 0 Å². The highest BCUT2D eigenvalue weighted by Gasteiger charge is 2.26. The number of rotatable bonds is 6. The first-order valence-electron chi connectivity index (χ1n) is 6.39. The Labute approximate surface area is 131 Å². The third-order valence-electron chi connectivity index (χ3n) is 2.95. The number of aryl methyl sites for hydroxylation is 1. The molecule has 0 saturated carbocycles. The lowest BCUT2D eigenvalue weighted by molar-refractivity contribution is -0.391. The fourth-order valence-electron chi connectivity index (χ4n) is 1.91. The molecule has 0 atom stereocenters. The van der Waals surface area contributed by atoms with E-state index < -0.39 is 4.92 Å². The summed E-state index contributed by atoms with van der Waals surface area (Å²) in [6, 6.07) is 1.99. The first kappa shape index (κ1) is 15.9. The predicted octanol–water partition coefficient (Wildman–Crippen LogP) is 1.46. The highest BCUT2D eigenvalue weighted by molar-refractivity contribution is 5.71. The quantitative estimate of drug-likeness (QED) is 0.198. The number of ether oxygens (including phenoxy) is 1. The van der Waals surface area contributed by atoms with Crippen LogP contribution in [0.4, 0.5) is 11.6 Å². The highest BCUT2D eigenvalue weighted by atomic mass is 16.6. The van der Waals surface area contributed by atoms with Crippen LogP contribution in [0.25, 0.3) is 11.5 Å². The molecule has 0 N–H and O–H groups in total. The van der Waals surface area contributed by atoms with E-state index in [9.17, 15) is 15.4 Å². The van der Waals surface area contributed by atoms with Crippen molar-refractivity contribution in [2.24, 2.45) is 19.1 Å². The van der Waals surface area contributed by atoms with Crippen LogP contribution in [-0.4, -0.2) is 37.3 Å². The van der Waals surface area contributed by atoms with Gasteiger partial charge in [0.25, 0.3) is 5.82 Å². The highest BCUT2D eigenvalue weighted by Crippen LogP contribution is 2.30. The molecule has 2 aromatic heterocycles. The summed E-state index contributed by atoms with van der Waals surface area (Å²) in [6.07, 6.45) is 3.85. The minimum atomic E-state index is -0.562. The number of nitro groups is 1. The zero-order valence-electron chi connectivity index (χ0n) is 12.5. The van der Waals surface area contributed by atoms with E-state index in [0.717, 1.165) is 6.20 Å². The second-order valence-electron chi connectivity index (χ2n) is 4.40. The Hall–Kier alpha value is -3.48. The average molecular weight is 315 g/mol. The van der Waals surface area contributed by atoms with Gasteiger partial charge in [0, 0.05) is 7.05 Å². The van der Waals surface area contributed by atoms with E-state index in [0.29, 0.717) is 0 Å². The summed E-state index contributed by atoms with van der Waals surface area (Å²) in [4.78, 5) is 18.4. The van der Waals surface area contributed by atoms with E-state index in [4.69, 9.17) is 4.74 Å². The van der Waals surface area contributed by atoms with E-state index in [2.05, 4.69) is 21.7 Å². The van der Waals surface area contributed by atoms with Gasteiger partial charge >= 0.3 is 5.82 Å². The maximum absolute atomic E-state index is 10.9. The van der Waals surface area contributed by atoms with Gasteiger partial charge in [-0.1, -0.05) is 12.7 Å². The first-order chi connectivity index (χ1) is 11.0. The first-order valence-corrected chi connectivity index (χ1v) is 6.39. The topological polar surface area (TPSA) is 124 Å². The molecule has 0 spiro atoms. The van der Waals surface area contributed by atoms with Crippen molar-refractivity contribution >= 4 is 18.0 Å². The number of hydrogen-bond donors (Lipinski definition) is 0. The molecule has 0 aliphatic carbocycles. The third kappa shape index (κ3) is 2.93. The number of nitriles is 1. The van der Waals surface area contributed by atoms with Crippen LogP contribution in [0.2, 0.25) is 0 Å². The third-order valence-corrected chi connectivity index (χ3v) is 2.95. The van der Waals surface area contributed by atoms with Gasteiger partial charge in [-0.05, 0) is 4.92 Å². The van der Waals surface area contributed by atoms with Gasteiger partial charge < -0.3 is 14.9 Å². The lowest BCUT2D eigenvalue weighted by Crippen LogP contribution is -2.00. The molecule has 2 rings (SSSR count). The van der Waals surface area contributed by atoms with E-state index in [-0.39, 0.29) is 35.3 Å². The lowest BCUT2D eigenvalue weighted by Gasteiger charge is -1.96. The molecule has 0 bridgehead atoms. The van der Waals surface area contributed by atoms with E-state index in [1.807, 2.05) is 6.07 Å². The largest absolute Gasteiger partial charge is 0.479 e. The van der Waals surface area contributed by atoms with Crippen molar-refractivity contribution < 1.29 is 9.66 Å². The molecule has 0 aliphatic heterocycles. The van der Waals surface area contributed by atoms with Crippen LogP contribution in [0.15, 0.2) is 23.8 Å². The standard InChI is InChI=1S/C13H13N7O3/c1-4-5-23-8-16-12-9(6-14)11(17-19(12)3)13-15-7-10(18(13)2)20(21)22/h4,7-8H,1,5H2,2-3H3/b16-8-. The van der Waals surface area contributed by atoms with Gasteiger partial charge in [0.1, 0.15) is 24.4 Å². The van der Waals surface area contributed by atoms with Gasteiger partial charge in [0.05, 0.1) is 7.05 Å². The van der Waals surface area contributed by atoms with Crippen LogP contribution in [0.1, 0.15) is 5.56 Å². The molecule has 23 heavy (non-hydrogen) atoms. The van der Waals surface area contributed by atoms with Gasteiger partial charge in [0.15, 0.2) is 17.9 Å². The van der Waals surface area contributed by atoms with Gasteiger partial charge in [0.2, 0.25) is 0 Å². The van der Waals surface area contributed by atoms with Crippen molar-refractivity contribution in [3.05, 3.63) is 34.5 Å². The Balaban J connectivity index is 2.49. The Morgan fingerprint density at radius 1 is 1.61 bits per heavy atom. The van der Waals surface area contributed by atoms with Gasteiger partial charge in [-0.25, -0.2) is 14.2 Å². The molecule has 0 amide bonds. The summed E-state index contributed by atoms with van der Waals surface area (Å²) >= 11 is 0. The summed E-state index contributed by atoms with van der Waals surface area (Å²) in [7, 11) is 3.08. The molecular weight excluding hydrogens is 302 g/mol. The average Bonchev–Trinajstić information content (AvgIpc) is 3.04. The molecule has 0 aromatic carbocycles. The molecule has 10 nitrogen and oxygen atoms in total. The predicted molar refractivity (Wildman–Crippen MR) is 81.1 cm³/mol. The molecule has 2 aromatic rings. The number of nitrogens with zero attached hydrogens (tertiary/aromatic N) is 7. The molecular formula is C13H13N7O3. The molecule has 10 heteroatoms. The van der Waals surface area contributed by atoms with Crippen molar-refractivity contribution in [1.29, 1.82) is 5.26 Å². The number of hydrogen-bond acceptors (Lipinski definition) is 7. The fraction of sp³-hybridized carbons (Fsp3) is 0.231. The normalized spacial score (nSPS) is 10.7. The number of imidazole rings is 1. The lowest BCUT2D eigenvalue weighted by atomic mass is 10.2. The summed E-state index contributed by atoms with van der Waals surface area (Å²) in [5, 5.41) is 24.5. The summed E-state index contributed by atoms with van der Waals surface area (Å²) in [5.41, 5.74) is 0.357. The molecule has 2 heterocycles. The van der Waals surface area contributed by atoms with Crippen LogP contribution in [0, 0.1) is 21.4 Å². The smallest absolute Gasteiger partial charge is 0.342 e. The van der Waals surface area contributed by atoms with Gasteiger partial charge in [-0.3, -0.25) is 0 Å². The van der Waals surface area contributed by atoms with Crippen molar-refractivity contribution in [2.45, 2.75) is 0 Å². The molecule has 0 fully saturated rings. The maximum Gasteiger partial charge on any atom is 0.342 e.